The van der Waals surface area contributed by atoms with Gasteiger partial charge in [0.15, 0.2) is 11.5 Å². The van der Waals surface area contributed by atoms with Crippen LogP contribution >= 0.6 is 11.3 Å². The number of hydrogen-bond acceptors (Lipinski definition) is 6. The Morgan fingerprint density at radius 2 is 2.22 bits per heavy atom. The predicted molar refractivity (Wildman–Crippen MR) is 104 cm³/mol. The molecule has 1 amide bonds. The van der Waals surface area contributed by atoms with Crippen LogP contribution in [-0.4, -0.2) is 35.6 Å². The molecule has 3 aromatic heterocycles. The van der Waals surface area contributed by atoms with E-state index >= 15 is 0 Å². The number of nitrogens with one attached hydrogen (secondary N) is 1. The van der Waals surface area contributed by atoms with Gasteiger partial charge in [0.2, 0.25) is 0 Å². The molecule has 27 heavy (non-hydrogen) atoms. The summed E-state index contributed by atoms with van der Waals surface area (Å²) in [7, 11) is 0. The second kappa shape index (κ2) is 8.10. The first-order valence-corrected chi connectivity index (χ1v) is 10.1. The smallest absolute Gasteiger partial charge is 0.273 e. The number of nitrogens with zero attached hydrogens (tertiary/aromatic N) is 2. The van der Waals surface area contributed by atoms with Crippen molar-refractivity contribution in [2.24, 2.45) is 5.92 Å². The molecule has 0 saturated carbocycles. The molecule has 4 heterocycles. The lowest BCUT2D eigenvalue weighted by molar-refractivity contribution is 0.0887. The van der Waals surface area contributed by atoms with Gasteiger partial charge in [-0.1, -0.05) is 18.1 Å². The summed E-state index contributed by atoms with van der Waals surface area (Å²) < 4.78 is 10.9. The lowest BCUT2D eigenvalue weighted by atomic mass is 9.97. The number of hydrogen-bond donors (Lipinski definition) is 1. The molecular weight excluding hydrogens is 362 g/mol. The summed E-state index contributed by atoms with van der Waals surface area (Å²) >= 11 is 1.55. The molecule has 1 saturated heterocycles. The topological polar surface area (TPSA) is 71.5 Å². The Balaban J connectivity index is 1.42. The summed E-state index contributed by atoms with van der Waals surface area (Å²) in [5, 5.41) is 8.88. The fourth-order valence-electron chi connectivity index (χ4n) is 3.43. The highest BCUT2D eigenvalue weighted by Gasteiger charge is 2.27. The zero-order chi connectivity index (χ0) is 18.6. The third kappa shape index (κ3) is 4.14. The first-order valence-electron chi connectivity index (χ1n) is 9.27. The Morgan fingerprint density at radius 3 is 2.93 bits per heavy atom. The van der Waals surface area contributed by atoms with Crippen molar-refractivity contribution < 1.29 is 13.7 Å². The monoisotopic (exact) mass is 385 g/mol. The van der Waals surface area contributed by atoms with E-state index in [1.807, 2.05) is 29.6 Å². The standard InChI is InChI=1S/C20H23N3O3S/c1-14-6-8-23(9-7-14)16(17-4-2-10-25-17)13-21-20(24)15-12-18(26-22-15)19-5-3-11-27-19/h2-5,10-12,14,16H,6-9,13H2,1H3,(H,21,24)/t16-/m1/s1. The quantitative estimate of drug-likeness (QED) is 0.689. The van der Waals surface area contributed by atoms with Gasteiger partial charge in [-0.3, -0.25) is 9.69 Å². The minimum absolute atomic E-state index is 0.0279. The highest BCUT2D eigenvalue weighted by molar-refractivity contribution is 7.13. The van der Waals surface area contributed by atoms with E-state index in [1.165, 1.54) is 12.8 Å². The summed E-state index contributed by atoms with van der Waals surface area (Å²) in [6.07, 6.45) is 4.01. The van der Waals surface area contributed by atoms with Crippen LogP contribution in [0, 0.1) is 5.92 Å². The van der Waals surface area contributed by atoms with Gasteiger partial charge in [-0.15, -0.1) is 11.3 Å². The Hall–Kier alpha value is -2.38. The maximum atomic E-state index is 12.6. The molecule has 1 fully saturated rings. The van der Waals surface area contributed by atoms with Crippen LogP contribution in [0.15, 0.2) is 50.9 Å². The molecule has 4 rings (SSSR count). The average Bonchev–Trinajstić information content (AvgIpc) is 3.44. The van der Waals surface area contributed by atoms with Gasteiger partial charge in [0, 0.05) is 12.6 Å². The van der Waals surface area contributed by atoms with Crippen molar-refractivity contribution in [2.45, 2.75) is 25.8 Å². The first-order chi connectivity index (χ1) is 13.2. The average molecular weight is 385 g/mol. The van der Waals surface area contributed by atoms with Crippen LogP contribution in [0.25, 0.3) is 10.6 Å². The molecule has 142 valence electrons. The lowest BCUT2D eigenvalue weighted by Gasteiger charge is -2.35. The normalized spacial score (nSPS) is 17.1. The van der Waals surface area contributed by atoms with E-state index in [2.05, 4.69) is 22.3 Å². The predicted octanol–water partition coefficient (Wildman–Crippen LogP) is 4.20. The number of carbonyl (C=O) groups excluding carboxylic acids is 1. The molecule has 0 aromatic carbocycles. The number of piperidine rings is 1. The highest BCUT2D eigenvalue weighted by Crippen LogP contribution is 2.27. The van der Waals surface area contributed by atoms with E-state index < -0.39 is 0 Å². The summed E-state index contributed by atoms with van der Waals surface area (Å²) in [6.45, 7) is 4.78. The number of aromatic nitrogens is 1. The highest BCUT2D eigenvalue weighted by atomic mass is 32.1. The molecule has 6 nitrogen and oxygen atoms in total. The van der Waals surface area contributed by atoms with Crippen LogP contribution in [0.2, 0.25) is 0 Å². The van der Waals surface area contributed by atoms with Crippen molar-refractivity contribution in [1.29, 1.82) is 0 Å². The molecule has 0 aliphatic carbocycles. The molecule has 7 heteroatoms. The third-order valence-electron chi connectivity index (χ3n) is 5.09. The molecule has 0 radical (unpaired) electrons. The molecule has 0 spiro atoms. The van der Waals surface area contributed by atoms with Gasteiger partial charge in [-0.2, -0.15) is 0 Å². The minimum Gasteiger partial charge on any atom is -0.468 e. The van der Waals surface area contributed by atoms with Crippen LogP contribution in [-0.2, 0) is 0 Å². The van der Waals surface area contributed by atoms with Crippen molar-refractivity contribution in [3.05, 3.63) is 53.4 Å². The Bertz CT molecular complexity index is 849. The van der Waals surface area contributed by atoms with E-state index in [4.69, 9.17) is 8.94 Å². The zero-order valence-electron chi connectivity index (χ0n) is 15.3. The fraction of sp³-hybridized carbons (Fsp3) is 0.400. The van der Waals surface area contributed by atoms with Gasteiger partial charge in [0.05, 0.1) is 17.2 Å². The molecule has 1 aliphatic heterocycles. The van der Waals surface area contributed by atoms with Crippen LogP contribution in [0.5, 0.6) is 0 Å². The summed E-state index contributed by atoms with van der Waals surface area (Å²) in [5.74, 6) is 2.01. The maximum absolute atomic E-state index is 12.6. The van der Waals surface area contributed by atoms with E-state index in [0.717, 1.165) is 29.6 Å². The third-order valence-corrected chi connectivity index (χ3v) is 5.98. The van der Waals surface area contributed by atoms with E-state index in [1.54, 1.807) is 23.7 Å². The van der Waals surface area contributed by atoms with Gasteiger partial charge in [-0.25, -0.2) is 0 Å². The number of amides is 1. The molecule has 0 unspecified atom stereocenters. The molecule has 1 aliphatic rings. The number of rotatable bonds is 6. The van der Waals surface area contributed by atoms with Crippen molar-refractivity contribution in [1.82, 2.24) is 15.4 Å². The second-order valence-electron chi connectivity index (χ2n) is 7.01. The van der Waals surface area contributed by atoms with Crippen LogP contribution < -0.4 is 5.32 Å². The van der Waals surface area contributed by atoms with E-state index in [-0.39, 0.29) is 11.9 Å². The summed E-state index contributed by atoms with van der Waals surface area (Å²) in [4.78, 5) is 15.9. The van der Waals surface area contributed by atoms with Crippen molar-refractivity contribution in [3.63, 3.8) is 0 Å². The molecule has 0 bridgehead atoms. The summed E-state index contributed by atoms with van der Waals surface area (Å²) in [5.41, 5.74) is 0.295. The van der Waals surface area contributed by atoms with Gasteiger partial charge in [-0.05, 0) is 55.4 Å². The SMILES string of the molecule is CC1CCN([C@H](CNC(=O)c2cc(-c3cccs3)on2)c2ccco2)CC1. The Morgan fingerprint density at radius 1 is 1.37 bits per heavy atom. The molecular formula is C20H23N3O3S. The molecule has 1 atom stereocenters. The number of furan rings is 1. The van der Waals surface area contributed by atoms with Crippen molar-refractivity contribution in [2.75, 3.05) is 19.6 Å². The van der Waals surface area contributed by atoms with Crippen LogP contribution in [0.3, 0.4) is 0 Å². The van der Waals surface area contributed by atoms with Gasteiger partial charge >= 0.3 is 0 Å². The Kier molecular flexibility index (Phi) is 5.40. The van der Waals surface area contributed by atoms with Gasteiger partial charge in [0.1, 0.15) is 5.76 Å². The molecule has 1 N–H and O–H groups in total. The van der Waals surface area contributed by atoms with Gasteiger partial charge in [0.25, 0.3) is 5.91 Å². The lowest BCUT2D eigenvalue weighted by Crippen LogP contribution is -2.41. The van der Waals surface area contributed by atoms with Gasteiger partial charge < -0.3 is 14.3 Å². The zero-order valence-corrected chi connectivity index (χ0v) is 16.1. The largest absolute Gasteiger partial charge is 0.468 e. The number of likely N-dealkylation sites (tertiary alicyclic amines) is 1. The van der Waals surface area contributed by atoms with Crippen molar-refractivity contribution >= 4 is 17.2 Å². The minimum atomic E-state index is -0.233. The second-order valence-corrected chi connectivity index (χ2v) is 7.96. The van der Waals surface area contributed by atoms with E-state index in [9.17, 15) is 4.79 Å². The number of carbonyl (C=O) groups is 1. The number of thiophene rings is 1. The Labute approximate surface area is 162 Å². The first kappa shape index (κ1) is 18.0. The van der Waals surface area contributed by atoms with Crippen molar-refractivity contribution in [3.8, 4) is 10.6 Å². The molecule has 3 aromatic rings. The fourth-order valence-corrected chi connectivity index (χ4v) is 4.10. The van der Waals surface area contributed by atoms with Crippen LogP contribution in [0.4, 0.5) is 0 Å². The van der Waals surface area contributed by atoms with Crippen LogP contribution in [0.1, 0.15) is 42.1 Å². The van der Waals surface area contributed by atoms with E-state index in [0.29, 0.717) is 18.0 Å². The maximum Gasteiger partial charge on any atom is 0.273 e. The summed E-state index contributed by atoms with van der Waals surface area (Å²) in [6, 6.07) is 9.46.